The highest BCUT2D eigenvalue weighted by Crippen LogP contribution is 2.64. The average Bonchev–Trinajstić information content (AvgIpc) is 2.68. The van der Waals surface area contributed by atoms with Crippen molar-refractivity contribution in [2.24, 2.45) is 11.8 Å². The third-order valence-electron chi connectivity index (χ3n) is 3.68. The Hall–Kier alpha value is -1.45. The van der Waals surface area contributed by atoms with Crippen LogP contribution in [0.1, 0.15) is 23.2 Å². The fraction of sp³-hybridized carbons (Fsp3) is 0.462. The number of carbonyl (C=O) groups is 1. The van der Waals surface area contributed by atoms with Crippen LogP contribution < -0.4 is 0 Å². The molecule has 0 aromatic heterocycles. The summed E-state index contributed by atoms with van der Waals surface area (Å²) in [5.41, 5.74) is 0.472. The van der Waals surface area contributed by atoms with Crippen LogP contribution >= 0.6 is 0 Å². The van der Waals surface area contributed by atoms with E-state index in [1.165, 1.54) is 0 Å². The van der Waals surface area contributed by atoms with Gasteiger partial charge in [0.25, 0.3) is 5.92 Å². The van der Waals surface area contributed by atoms with E-state index in [1.807, 2.05) is 6.07 Å². The molecule has 2 aliphatic rings. The maximum atomic E-state index is 12.9. The Morgan fingerprint density at radius 3 is 2.35 bits per heavy atom. The molecule has 0 bridgehead atoms. The molecule has 2 atom stereocenters. The van der Waals surface area contributed by atoms with Gasteiger partial charge in [0.05, 0.1) is 5.56 Å². The molecule has 90 valence electrons. The summed E-state index contributed by atoms with van der Waals surface area (Å²) >= 11 is 0. The highest BCUT2D eigenvalue weighted by molar-refractivity contribution is 5.89. The molecule has 3 rings (SSSR count). The molecule has 1 aromatic carbocycles. The minimum absolute atomic E-state index is 0.302. The molecule has 0 heterocycles. The summed E-state index contributed by atoms with van der Waals surface area (Å²) in [6, 6.07) is 8.62. The molecule has 0 radical (unpaired) electrons. The normalized spacial score (nSPS) is 32.9. The molecule has 2 aliphatic carbocycles. The lowest BCUT2D eigenvalue weighted by atomic mass is 10.2. The molecular weight excluding hydrogens is 226 g/mol. The molecule has 0 N–H and O–H groups in total. The Morgan fingerprint density at radius 1 is 1.18 bits per heavy atom. The number of rotatable bonds is 2. The molecule has 1 aromatic rings. The number of fused-ring (bicyclic) bond motifs is 1. The van der Waals surface area contributed by atoms with Gasteiger partial charge in [-0.25, -0.2) is 13.6 Å². The Balaban J connectivity index is 1.58. The van der Waals surface area contributed by atoms with E-state index in [2.05, 4.69) is 0 Å². The summed E-state index contributed by atoms with van der Waals surface area (Å²) in [6.07, 6.45) is 0.268. The summed E-state index contributed by atoms with van der Waals surface area (Å²) in [7, 11) is 0. The number of hydrogen-bond donors (Lipinski definition) is 0. The first kappa shape index (κ1) is 10.7. The van der Waals surface area contributed by atoms with Crippen LogP contribution in [0.2, 0.25) is 0 Å². The number of esters is 1. The number of carbonyl (C=O) groups excluding carboxylic acids is 1. The number of alkyl halides is 2. The number of benzene rings is 1. The van der Waals surface area contributed by atoms with Crippen LogP contribution in [0.5, 0.6) is 0 Å². The van der Waals surface area contributed by atoms with E-state index >= 15 is 0 Å². The van der Waals surface area contributed by atoms with Crippen LogP contribution in [0, 0.1) is 11.8 Å². The van der Waals surface area contributed by atoms with E-state index in [0.717, 1.165) is 0 Å². The second-order valence-corrected chi connectivity index (χ2v) is 4.75. The van der Waals surface area contributed by atoms with Gasteiger partial charge in [-0.15, -0.1) is 0 Å². The summed E-state index contributed by atoms with van der Waals surface area (Å²) < 4.78 is 31.1. The van der Waals surface area contributed by atoms with Crippen LogP contribution in [0.3, 0.4) is 0 Å². The third-order valence-corrected chi connectivity index (χ3v) is 3.68. The van der Waals surface area contributed by atoms with Crippen molar-refractivity contribution < 1.29 is 18.3 Å². The lowest BCUT2D eigenvalue weighted by Crippen LogP contribution is -2.20. The van der Waals surface area contributed by atoms with Crippen molar-refractivity contribution in [1.29, 1.82) is 0 Å². The monoisotopic (exact) mass is 238 g/mol. The highest BCUT2D eigenvalue weighted by Gasteiger charge is 2.72. The van der Waals surface area contributed by atoms with E-state index in [0.29, 0.717) is 18.4 Å². The maximum Gasteiger partial charge on any atom is 0.338 e. The van der Waals surface area contributed by atoms with E-state index in [9.17, 15) is 13.6 Å². The molecule has 0 spiro atoms. The van der Waals surface area contributed by atoms with Crippen molar-refractivity contribution in [1.82, 2.24) is 0 Å². The first-order chi connectivity index (χ1) is 8.09. The first-order valence-electron chi connectivity index (χ1n) is 5.73. The van der Waals surface area contributed by atoms with Gasteiger partial charge < -0.3 is 4.74 Å². The zero-order chi connectivity index (χ0) is 12.0. The molecule has 0 amide bonds. The van der Waals surface area contributed by atoms with E-state index in [-0.39, 0.29) is 6.10 Å². The van der Waals surface area contributed by atoms with E-state index in [1.54, 1.807) is 24.3 Å². The van der Waals surface area contributed by atoms with Gasteiger partial charge in [-0.1, -0.05) is 18.2 Å². The molecule has 2 unspecified atom stereocenters. The van der Waals surface area contributed by atoms with Crippen molar-refractivity contribution in [3.63, 3.8) is 0 Å². The van der Waals surface area contributed by atoms with Gasteiger partial charge in [-0.2, -0.15) is 0 Å². The molecule has 0 aliphatic heterocycles. The predicted molar refractivity (Wildman–Crippen MR) is 56.8 cm³/mol. The van der Waals surface area contributed by atoms with Crippen LogP contribution in [-0.2, 0) is 4.74 Å². The van der Waals surface area contributed by atoms with Crippen molar-refractivity contribution in [3.8, 4) is 0 Å². The highest BCUT2D eigenvalue weighted by atomic mass is 19.3. The number of hydrogen-bond acceptors (Lipinski definition) is 2. The number of ether oxygens (including phenoxy) is 1. The smallest absolute Gasteiger partial charge is 0.338 e. The molecule has 2 nitrogen and oxygen atoms in total. The SMILES string of the molecule is O=C(OC1CC2C(C1)C2(F)F)c1ccccc1. The zero-order valence-electron chi connectivity index (χ0n) is 9.11. The minimum atomic E-state index is -2.50. The standard InChI is InChI=1S/C13H12F2O2/c14-13(15)10-6-9(7-11(10)13)17-12(16)8-4-2-1-3-5-8/h1-5,9-11H,6-7H2. The zero-order valence-corrected chi connectivity index (χ0v) is 9.11. The summed E-state index contributed by atoms with van der Waals surface area (Å²) in [5.74, 6) is -4.04. The molecule has 2 saturated carbocycles. The maximum absolute atomic E-state index is 12.9. The van der Waals surface area contributed by atoms with Crippen LogP contribution in [0.15, 0.2) is 30.3 Å². The molecular formula is C13H12F2O2. The minimum Gasteiger partial charge on any atom is -0.459 e. The third kappa shape index (κ3) is 1.72. The van der Waals surface area contributed by atoms with Crippen LogP contribution in [0.4, 0.5) is 8.78 Å². The molecule has 17 heavy (non-hydrogen) atoms. The van der Waals surface area contributed by atoms with Gasteiger partial charge in [-0.05, 0) is 25.0 Å². The Labute approximate surface area is 97.6 Å². The van der Waals surface area contributed by atoms with Crippen molar-refractivity contribution in [3.05, 3.63) is 35.9 Å². The predicted octanol–water partition coefficient (Wildman–Crippen LogP) is 2.89. The topological polar surface area (TPSA) is 26.3 Å². The largest absolute Gasteiger partial charge is 0.459 e. The van der Waals surface area contributed by atoms with Gasteiger partial charge in [0.2, 0.25) is 0 Å². The fourth-order valence-electron chi connectivity index (χ4n) is 2.66. The number of halogens is 2. The van der Waals surface area contributed by atoms with Gasteiger partial charge in [0.1, 0.15) is 6.10 Å². The van der Waals surface area contributed by atoms with Crippen molar-refractivity contribution >= 4 is 5.97 Å². The first-order valence-corrected chi connectivity index (χ1v) is 5.73. The second kappa shape index (κ2) is 3.52. The van der Waals surface area contributed by atoms with Crippen LogP contribution in [-0.4, -0.2) is 18.0 Å². The van der Waals surface area contributed by atoms with E-state index in [4.69, 9.17) is 4.74 Å². The molecule has 0 saturated heterocycles. The lowest BCUT2D eigenvalue weighted by molar-refractivity contribution is 0.00729. The second-order valence-electron chi connectivity index (χ2n) is 4.75. The summed E-state index contributed by atoms with van der Waals surface area (Å²) in [5, 5.41) is 0. The van der Waals surface area contributed by atoms with Crippen LogP contribution in [0.25, 0.3) is 0 Å². The van der Waals surface area contributed by atoms with Crippen molar-refractivity contribution in [2.45, 2.75) is 24.9 Å². The Bertz CT molecular complexity index is 430. The Morgan fingerprint density at radius 2 is 1.76 bits per heavy atom. The Kier molecular flexibility index (Phi) is 2.21. The van der Waals surface area contributed by atoms with Gasteiger partial charge in [0.15, 0.2) is 0 Å². The fourth-order valence-corrected chi connectivity index (χ4v) is 2.66. The van der Waals surface area contributed by atoms with Gasteiger partial charge in [0, 0.05) is 11.8 Å². The average molecular weight is 238 g/mol. The van der Waals surface area contributed by atoms with Gasteiger partial charge in [-0.3, -0.25) is 0 Å². The molecule has 2 fully saturated rings. The summed E-state index contributed by atoms with van der Waals surface area (Å²) in [6.45, 7) is 0. The van der Waals surface area contributed by atoms with E-state index < -0.39 is 23.7 Å². The van der Waals surface area contributed by atoms with Gasteiger partial charge >= 0.3 is 5.97 Å². The lowest BCUT2D eigenvalue weighted by Gasteiger charge is -2.15. The summed E-state index contributed by atoms with van der Waals surface area (Å²) in [4.78, 5) is 11.7. The molecule has 4 heteroatoms. The quantitative estimate of drug-likeness (QED) is 0.740. The van der Waals surface area contributed by atoms with Crippen molar-refractivity contribution in [2.75, 3.05) is 0 Å².